The molecular formula is C17H17ClFN3O4. The molecule has 3 rings (SSSR count). The van der Waals surface area contributed by atoms with Crippen molar-refractivity contribution in [2.45, 2.75) is 25.8 Å². The predicted molar refractivity (Wildman–Crippen MR) is 91.7 cm³/mol. The van der Waals surface area contributed by atoms with Crippen molar-refractivity contribution < 1.29 is 23.6 Å². The first-order valence-corrected chi connectivity index (χ1v) is 8.45. The Labute approximate surface area is 153 Å². The molecule has 9 heteroatoms. The third kappa shape index (κ3) is 3.50. The summed E-state index contributed by atoms with van der Waals surface area (Å²) in [6.07, 6.45) is 0.269. The van der Waals surface area contributed by atoms with E-state index >= 15 is 0 Å². The molecule has 7 nitrogen and oxygen atoms in total. The lowest BCUT2D eigenvalue weighted by molar-refractivity contribution is 0.0887. The Balaban J connectivity index is 1.87. The number of halogens is 2. The minimum Gasteiger partial charge on any atom is -0.465 e. The van der Waals surface area contributed by atoms with Gasteiger partial charge in [0.25, 0.3) is 5.91 Å². The van der Waals surface area contributed by atoms with Crippen LogP contribution in [0.5, 0.6) is 0 Å². The first-order valence-electron chi connectivity index (χ1n) is 8.08. The summed E-state index contributed by atoms with van der Waals surface area (Å²) in [6.45, 7) is 2.18. The second-order valence-electron chi connectivity index (χ2n) is 6.10. The predicted octanol–water partition coefficient (Wildman–Crippen LogP) is 3.31. The van der Waals surface area contributed by atoms with Crippen LogP contribution in [0, 0.1) is 12.7 Å². The van der Waals surface area contributed by atoms with Crippen molar-refractivity contribution >= 4 is 23.6 Å². The number of rotatable bonds is 3. The van der Waals surface area contributed by atoms with Crippen molar-refractivity contribution in [3.05, 3.63) is 40.4 Å². The minimum absolute atomic E-state index is 0.00743. The summed E-state index contributed by atoms with van der Waals surface area (Å²) < 4.78 is 19.3. The molecule has 138 valence electrons. The molecule has 1 aliphatic heterocycles. The number of aromatic nitrogens is 1. The quantitative estimate of drug-likeness (QED) is 0.850. The molecule has 0 saturated carbocycles. The lowest BCUT2D eigenvalue weighted by atomic mass is 10.0. The van der Waals surface area contributed by atoms with Crippen LogP contribution in [0.1, 0.15) is 29.0 Å². The van der Waals surface area contributed by atoms with Crippen molar-refractivity contribution in [2.24, 2.45) is 0 Å². The Morgan fingerprint density at radius 2 is 2.23 bits per heavy atom. The fraction of sp³-hybridized carbons (Fsp3) is 0.353. The van der Waals surface area contributed by atoms with Crippen LogP contribution in [-0.4, -0.2) is 46.3 Å². The molecule has 2 N–H and O–H groups in total. The van der Waals surface area contributed by atoms with Crippen molar-refractivity contribution in [1.82, 2.24) is 15.4 Å². The van der Waals surface area contributed by atoms with Gasteiger partial charge in [0, 0.05) is 19.1 Å². The van der Waals surface area contributed by atoms with E-state index in [-0.39, 0.29) is 40.2 Å². The van der Waals surface area contributed by atoms with E-state index in [2.05, 4.69) is 10.5 Å². The summed E-state index contributed by atoms with van der Waals surface area (Å²) in [5, 5.41) is 15.8. The second kappa shape index (κ2) is 7.33. The van der Waals surface area contributed by atoms with E-state index in [0.29, 0.717) is 19.4 Å². The Morgan fingerprint density at radius 3 is 2.92 bits per heavy atom. The first kappa shape index (κ1) is 18.2. The molecule has 2 heterocycles. The smallest absolute Gasteiger partial charge is 0.407 e. The minimum atomic E-state index is -1.02. The molecule has 0 radical (unpaired) electrons. The van der Waals surface area contributed by atoms with E-state index in [4.69, 9.17) is 21.2 Å². The largest absolute Gasteiger partial charge is 0.465 e. The SMILES string of the molecule is Cc1onc(-c2c(F)cccc2Cl)c1C(=O)NC1CCCN(C(=O)O)C1. The van der Waals surface area contributed by atoms with E-state index in [1.165, 1.54) is 23.1 Å². The molecule has 1 fully saturated rings. The van der Waals surface area contributed by atoms with Gasteiger partial charge >= 0.3 is 6.09 Å². The third-order valence-electron chi connectivity index (χ3n) is 4.32. The summed E-state index contributed by atoms with van der Waals surface area (Å²) in [5.74, 6) is -0.896. The highest BCUT2D eigenvalue weighted by Crippen LogP contribution is 2.33. The van der Waals surface area contributed by atoms with E-state index < -0.39 is 17.8 Å². The Kier molecular flexibility index (Phi) is 5.13. The molecule has 0 aliphatic carbocycles. The van der Waals surface area contributed by atoms with Crippen LogP contribution in [0.15, 0.2) is 22.7 Å². The van der Waals surface area contributed by atoms with Gasteiger partial charge in [0.2, 0.25) is 0 Å². The summed E-state index contributed by atoms with van der Waals surface area (Å²) in [7, 11) is 0. The van der Waals surface area contributed by atoms with Crippen molar-refractivity contribution in [3.63, 3.8) is 0 Å². The molecule has 1 unspecified atom stereocenters. The molecule has 1 aromatic carbocycles. The molecule has 1 saturated heterocycles. The number of nitrogens with one attached hydrogen (secondary N) is 1. The standard InChI is InChI=1S/C17H17ClFN3O4/c1-9-13(15(21-26-9)14-11(18)5-2-6-12(14)19)16(23)20-10-4-3-7-22(8-10)17(24)25/h2,5-6,10H,3-4,7-8H2,1H3,(H,20,23)(H,24,25). The van der Waals surface area contributed by atoms with Gasteiger partial charge in [-0.15, -0.1) is 0 Å². The number of carbonyl (C=O) groups excluding carboxylic acids is 1. The van der Waals surface area contributed by atoms with Crippen molar-refractivity contribution in [1.29, 1.82) is 0 Å². The molecule has 0 spiro atoms. The first-order chi connectivity index (χ1) is 12.4. The van der Waals surface area contributed by atoms with Crippen LogP contribution >= 0.6 is 11.6 Å². The van der Waals surface area contributed by atoms with Gasteiger partial charge in [0.05, 0.1) is 10.6 Å². The van der Waals surface area contributed by atoms with Crippen molar-refractivity contribution in [2.75, 3.05) is 13.1 Å². The number of piperidine rings is 1. The fourth-order valence-corrected chi connectivity index (χ4v) is 3.31. The normalized spacial score (nSPS) is 17.2. The second-order valence-corrected chi connectivity index (χ2v) is 6.51. The van der Waals surface area contributed by atoms with Crippen LogP contribution in [-0.2, 0) is 0 Å². The molecule has 0 bridgehead atoms. The molecule has 1 atom stereocenters. The third-order valence-corrected chi connectivity index (χ3v) is 4.63. The summed E-state index contributed by atoms with van der Waals surface area (Å²) in [5.41, 5.74) is 0.102. The zero-order valence-corrected chi connectivity index (χ0v) is 14.7. The summed E-state index contributed by atoms with van der Waals surface area (Å²) in [6, 6.07) is 3.83. The van der Waals surface area contributed by atoms with Gasteiger partial charge < -0.3 is 19.8 Å². The zero-order valence-electron chi connectivity index (χ0n) is 14.0. The number of carbonyl (C=O) groups is 2. The molecule has 1 aromatic heterocycles. The molecule has 26 heavy (non-hydrogen) atoms. The van der Waals surface area contributed by atoms with Gasteiger partial charge in [-0.1, -0.05) is 22.8 Å². The van der Waals surface area contributed by atoms with Crippen LogP contribution in [0.2, 0.25) is 5.02 Å². The maximum Gasteiger partial charge on any atom is 0.407 e. The Morgan fingerprint density at radius 1 is 1.46 bits per heavy atom. The number of benzene rings is 1. The van der Waals surface area contributed by atoms with Gasteiger partial charge in [0.15, 0.2) is 0 Å². The Hall–Kier alpha value is -2.61. The maximum absolute atomic E-state index is 14.2. The average Bonchev–Trinajstić information content (AvgIpc) is 2.96. The topological polar surface area (TPSA) is 95.7 Å². The number of hydrogen-bond donors (Lipinski definition) is 2. The molecule has 1 aliphatic rings. The highest BCUT2D eigenvalue weighted by molar-refractivity contribution is 6.33. The number of nitrogens with zero attached hydrogens (tertiary/aromatic N) is 2. The van der Waals surface area contributed by atoms with Gasteiger partial charge in [-0.3, -0.25) is 4.79 Å². The average molecular weight is 382 g/mol. The number of aryl methyl sites for hydroxylation is 1. The Bertz CT molecular complexity index is 834. The lowest BCUT2D eigenvalue weighted by Gasteiger charge is -2.31. The van der Waals surface area contributed by atoms with Gasteiger partial charge in [-0.25, -0.2) is 9.18 Å². The van der Waals surface area contributed by atoms with E-state index in [0.717, 1.165) is 0 Å². The number of likely N-dealkylation sites (tertiary alicyclic amines) is 1. The van der Waals surface area contributed by atoms with E-state index in [1.807, 2.05) is 0 Å². The number of carboxylic acid groups (broad SMARTS) is 1. The number of hydrogen-bond acceptors (Lipinski definition) is 4. The van der Waals surface area contributed by atoms with Crippen LogP contribution in [0.4, 0.5) is 9.18 Å². The monoisotopic (exact) mass is 381 g/mol. The van der Waals surface area contributed by atoms with Crippen LogP contribution in [0.3, 0.4) is 0 Å². The maximum atomic E-state index is 14.2. The van der Waals surface area contributed by atoms with E-state index in [9.17, 15) is 14.0 Å². The summed E-state index contributed by atoms with van der Waals surface area (Å²) >= 11 is 6.07. The number of amides is 2. The highest BCUT2D eigenvalue weighted by Gasteiger charge is 2.29. The lowest BCUT2D eigenvalue weighted by Crippen LogP contribution is -2.49. The molecule has 2 aromatic rings. The van der Waals surface area contributed by atoms with Gasteiger partial charge in [-0.05, 0) is 31.9 Å². The van der Waals surface area contributed by atoms with Gasteiger partial charge in [-0.2, -0.15) is 0 Å². The molecular weight excluding hydrogens is 365 g/mol. The van der Waals surface area contributed by atoms with Gasteiger partial charge in [0.1, 0.15) is 22.8 Å². The highest BCUT2D eigenvalue weighted by atomic mass is 35.5. The van der Waals surface area contributed by atoms with Crippen LogP contribution < -0.4 is 5.32 Å². The van der Waals surface area contributed by atoms with E-state index in [1.54, 1.807) is 6.92 Å². The zero-order chi connectivity index (χ0) is 18.8. The van der Waals surface area contributed by atoms with Crippen molar-refractivity contribution in [3.8, 4) is 11.3 Å². The summed E-state index contributed by atoms with van der Waals surface area (Å²) in [4.78, 5) is 25.1. The van der Waals surface area contributed by atoms with Crippen LogP contribution in [0.25, 0.3) is 11.3 Å². The fourth-order valence-electron chi connectivity index (χ4n) is 3.06. The molecule has 2 amide bonds.